The smallest absolute Gasteiger partial charge is 0.123 e. The Balaban J connectivity index is 1.48. The van der Waals surface area contributed by atoms with Gasteiger partial charge in [-0.1, -0.05) is 71.1 Å². The number of ether oxygens (including phenoxy) is 1. The van der Waals surface area contributed by atoms with E-state index in [1.165, 1.54) is 82.8 Å². The molecule has 0 heterocycles. The quantitative estimate of drug-likeness (QED) is 0.390. The summed E-state index contributed by atoms with van der Waals surface area (Å²) < 4.78 is 18.5. The van der Waals surface area contributed by atoms with E-state index in [-0.39, 0.29) is 5.82 Å². The molecule has 1 fully saturated rings. The lowest BCUT2D eigenvalue weighted by molar-refractivity contribution is 0.228. The van der Waals surface area contributed by atoms with Gasteiger partial charge in [-0.2, -0.15) is 0 Å². The third kappa shape index (κ3) is 7.68. The minimum absolute atomic E-state index is 0.204. The highest BCUT2D eigenvalue weighted by Crippen LogP contribution is 2.34. The maximum absolute atomic E-state index is 12.8. The van der Waals surface area contributed by atoms with Crippen LogP contribution in [0.15, 0.2) is 24.3 Å². The maximum Gasteiger partial charge on any atom is 0.123 e. The van der Waals surface area contributed by atoms with Gasteiger partial charge in [0.2, 0.25) is 0 Å². The van der Waals surface area contributed by atoms with Gasteiger partial charge in [0.15, 0.2) is 0 Å². The summed E-state index contributed by atoms with van der Waals surface area (Å²) >= 11 is 0. The lowest BCUT2D eigenvalue weighted by Crippen LogP contribution is -2.15. The van der Waals surface area contributed by atoms with Crippen molar-refractivity contribution in [3.05, 3.63) is 30.1 Å². The molecule has 0 unspecified atom stereocenters. The molecule has 1 aliphatic rings. The van der Waals surface area contributed by atoms with E-state index in [4.69, 9.17) is 4.74 Å². The first kappa shape index (κ1) is 19.3. The second kappa shape index (κ2) is 11.5. The Morgan fingerprint density at radius 1 is 0.833 bits per heavy atom. The monoisotopic (exact) mass is 334 g/mol. The van der Waals surface area contributed by atoms with E-state index in [1.807, 2.05) is 0 Å². The van der Waals surface area contributed by atoms with E-state index < -0.39 is 0 Å². The van der Waals surface area contributed by atoms with Gasteiger partial charge in [-0.15, -0.1) is 0 Å². The molecule has 1 aromatic rings. The van der Waals surface area contributed by atoms with E-state index in [9.17, 15) is 4.39 Å². The molecule has 0 saturated heterocycles. The van der Waals surface area contributed by atoms with Gasteiger partial charge in [0.05, 0.1) is 6.61 Å². The molecule has 0 amide bonds. The van der Waals surface area contributed by atoms with Gasteiger partial charge >= 0.3 is 0 Å². The third-order valence-corrected chi connectivity index (χ3v) is 5.52. The van der Waals surface area contributed by atoms with Gasteiger partial charge in [0.25, 0.3) is 0 Å². The topological polar surface area (TPSA) is 9.23 Å². The third-order valence-electron chi connectivity index (χ3n) is 5.52. The molecule has 0 N–H and O–H groups in total. The first-order chi connectivity index (χ1) is 11.8. The van der Waals surface area contributed by atoms with Gasteiger partial charge in [0, 0.05) is 0 Å². The summed E-state index contributed by atoms with van der Waals surface area (Å²) in [5.41, 5.74) is 0. The summed E-state index contributed by atoms with van der Waals surface area (Å²) in [5, 5.41) is 0. The molecule has 136 valence electrons. The maximum atomic E-state index is 12.8. The van der Waals surface area contributed by atoms with E-state index in [0.717, 1.165) is 30.6 Å². The van der Waals surface area contributed by atoms with Crippen LogP contribution in [0, 0.1) is 17.7 Å². The normalized spacial score (nSPS) is 20.9. The van der Waals surface area contributed by atoms with Crippen LogP contribution < -0.4 is 4.74 Å². The van der Waals surface area contributed by atoms with Crippen LogP contribution in [0.25, 0.3) is 0 Å². The minimum atomic E-state index is -0.204. The van der Waals surface area contributed by atoms with Crippen LogP contribution in [0.2, 0.25) is 0 Å². The molecule has 0 bridgehead atoms. The molecule has 2 rings (SSSR count). The van der Waals surface area contributed by atoms with Crippen LogP contribution in [-0.2, 0) is 0 Å². The summed E-state index contributed by atoms with van der Waals surface area (Å²) in [6, 6.07) is 6.33. The summed E-state index contributed by atoms with van der Waals surface area (Å²) in [5.74, 6) is 2.48. The Hall–Kier alpha value is -1.05. The molecule has 0 aromatic heterocycles. The molecule has 1 nitrogen and oxygen atoms in total. The second-order valence-corrected chi connectivity index (χ2v) is 7.53. The summed E-state index contributed by atoms with van der Waals surface area (Å²) in [4.78, 5) is 0. The lowest BCUT2D eigenvalue weighted by Gasteiger charge is -2.28. The van der Waals surface area contributed by atoms with Crippen molar-refractivity contribution in [2.45, 2.75) is 84.0 Å². The fourth-order valence-electron chi connectivity index (χ4n) is 3.94. The van der Waals surface area contributed by atoms with Crippen molar-refractivity contribution in [3.8, 4) is 5.75 Å². The molecule has 1 aromatic carbocycles. The highest BCUT2D eigenvalue weighted by molar-refractivity contribution is 5.21. The molecular weight excluding hydrogens is 299 g/mol. The van der Waals surface area contributed by atoms with Crippen LogP contribution in [0.1, 0.15) is 84.0 Å². The number of unbranched alkanes of at least 4 members (excludes halogenated alkanes) is 4. The Morgan fingerprint density at radius 2 is 1.42 bits per heavy atom. The predicted octanol–water partition coefficient (Wildman–Crippen LogP) is 7.15. The van der Waals surface area contributed by atoms with Crippen molar-refractivity contribution in [2.75, 3.05) is 6.61 Å². The van der Waals surface area contributed by atoms with Crippen LogP contribution in [0.4, 0.5) is 4.39 Å². The Bertz CT molecular complexity index is 420. The SMILES string of the molecule is CCCCCCC[C@H]1CC[C@H](CCCOc2ccc(F)cc2)CC1. The second-order valence-electron chi connectivity index (χ2n) is 7.53. The predicted molar refractivity (Wildman–Crippen MR) is 100.0 cm³/mol. The van der Waals surface area contributed by atoms with Crippen LogP contribution in [-0.4, -0.2) is 6.61 Å². The van der Waals surface area contributed by atoms with Crippen molar-refractivity contribution >= 4 is 0 Å². The van der Waals surface area contributed by atoms with Crippen molar-refractivity contribution < 1.29 is 9.13 Å². The number of halogens is 1. The van der Waals surface area contributed by atoms with Crippen molar-refractivity contribution in [1.29, 1.82) is 0 Å². The molecular formula is C22H35FO. The van der Waals surface area contributed by atoms with Gasteiger partial charge in [-0.05, 0) is 48.9 Å². The van der Waals surface area contributed by atoms with Gasteiger partial charge in [-0.25, -0.2) is 4.39 Å². The van der Waals surface area contributed by atoms with Gasteiger partial charge in [-0.3, -0.25) is 0 Å². The number of rotatable bonds is 11. The largest absolute Gasteiger partial charge is 0.494 e. The molecule has 0 atom stereocenters. The number of hydrogen-bond donors (Lipinski definition) is 0. The van der Waals surface area contributed by atoms with Crippen LogP contribution in [0.3, 0.4) is 0 Å². The molecule has 1 saturated carbocycles. The van der Waals surface area contributed by atoms with E-state index in [0.29, 0.717) is 0 Å². The van der Waals surface area contributed by atoms with Gasteiger partial charge < -0.3 is 4.74 Å². The van der Waals surface area contributed by atoms with E-state index in [1.54, 1.807) is 12.1 Å². The van der Waals surface area contributed by atoms with E-state index in [2.05, 4.69) is 6.92 Å². The average Bonchev–Trinajstić information content (AvgIpc) is 2.61. The number of benzene rings is 1. The van der Waals surface area contributed by atoms with E-state index >= 15 is 0 Å². The fourth-order valence-corrected chi connectivity index (χ4v) is 3.94. The van der Waals surface area contributed by atoms with Crippen LogP contribution in [0.5, 0.6) is 5.75 Å². The highest BCUT2D eigenvalue weighted by Gasteiger charge is 2.20. The molecule has 0 aliphatic heterocycles. The zero-order valence-corrected chi connectivity index (χ0v) is 15.4. The molecule has 24 heavy (non-hydrogen) atoms. The Morgan fingerprint density at radius 3 is 2.04 bits per heavy atom. The van der Waals surface area contributed by atoms with Crippen LogP contribution >= 0.6 is 0 Å². The zero-order chi connectivity index (χ0) is 17.0. The Kier molecular flexibility index (Phi) is 9.23. The summed E-state index contributed by atoms with van der Waals surface area (Å²) in [6.45, 7) is 3.04. The zero-order valence-electron chi connectivity index (χ0n) is 15.4. The van der Waals surface area contributed by atoms with Crippen molar-refractivity contribution in [1.82, 2.24) is 0 Å². The lowest BCUT2D eigenvalue weighted by atomic mass is 9.78. The number of hydrogen-bond acceptors (Lipinski definition) is 1. The first-order valence-electron chi connectivity index (χ1n) is 10.2. The highest BCUT2D eigenvalue weighted by atomic mass is 19.1. The summed E-state index contributed by atoms with van der Waals surface area (Å²) in [7, 11) is 0. The van der Waals surface area contributed by atoms with Crippen molar-refractivity contribution in [2.24, 2.45) is 11.8 Å². The molecule has 0 radical (unpaired) electrons. The summed E-state index contributed by atoms with van der Waals surface area (Å²) in [6.07, 6.45) is 16.6. The average molecular weight is 335 g/mol. The standard InChI is InChI=1S/C22H35FO/c1-2-3-4-5-6-8-19-10-12-20(13-11-19)9-7-18-24-22-16-14-21(23)15-17-22/h14-17,19-20H,2-13,18H2,1H3/t19-,20-. The van der Waals surface area contributed by atoms with Crippen molar-refractivity contribution in [3.63, 3.8) is 0 Å². The molecule has 2 heteroatoms. The van der Waals surface area contributed by atoms with Gasteiger partial charge in [0.1, 0.15) is 11.6 Å². The Labute approximate surface area is 148 Å². The molecule has 0 spiro atoms. The minimum Gasteiger partial charge on any atom is -0.494 e. The first-order valence-corrected chi connectivity index (χ1v) is 10.2. The fraction of sp³-hybridized carbons (Fsp3) is 0.727. The molecule has 1 aliphatic carbocycles.